The Hall–Kier alpha value is -0.0800. The lowest BCUT2D eigenvalue weighted by molar-refractivity contribution is 0.105. The van der Waals surface area contributed by atoms with Gasteiger partial charge in [0.15, 0.2) is 0 Å². The van der Waals surface area contributed by atoms with Crippen LogP contribution in [0, 0.1) is 0 Å². The first-order valence-corrected chi connectivity index (χ1v) is 8.66. The van der Waals surface area contributed by atoms with Gasteiger partial charge in [0, 0.05) is 12.1 Å². The summed E-state index contributed by atoms with van der Waals surface area (Å²) in [5, 5.41) is 0. The molecule has 1 saturated carbocycles. The summed E-state index contributed by atoms with van der Waals surface area (Å²) in [7, 11) is 2.31. The molecule has 0 heterocycles. The van der Waals surface area contributed by atoms with Crippen LogP contribution in [0.25, 0.3) is 0 Å². The molecule has 19 heavy (non-hydrogen) atoms. The molecule has 0 unspecified atom stereocenters. The van der Waals surface area contributed by atoms with E-state index in [0.29, 0.717) is 5.54 Å². The molecule has 1 aliphatic carbocycles. The number of nitrogens with zero attached hydrogens (tertiary/aromatic N) is 1. The van der Waals surface area contributed by atoms with E-state index in [0.717, 1.165) is 6.54 Å². The molecule has 0 amide bonds. The Bertz CT molecular complexity index is 207. The molecule has 0 spiro atoms. The lowest BCUT2D eigenvalue weighted by Crippen LogP contribution is -2.52. The SMILES string of the molecule is CCCCCCCCN(C)C1(CN)CCCCCC1. The Labute approximate surface area is 121 Å². The number of rotatable bonds is 9. The van der Waals surface area contributed by atoms with Crippen molar-refractivity contribution in [2.45, 2.75) is 89.5 Å². The Morgan fingerprint density at radius 3 is 2.05 bits per heavy atom. The smallest absolute Gasteiger partial charge is 0.0328 e. The molecule has 1 fully saturated rings. The summed E-state index contributed by atoms with van der Waals surface area (Å²) in [5.74, 6) is 0. The average Bonchev–Trinajstić information content (AvgIpc) is 2.68. The highest BCUT2D eigenvalue weighted by molar-refractivity contribution is 4.91. The van der Waals surface area contributed by atoms with Crippen LogP contribution in [0.4, 0.5) is 0 Å². The van der Waals surface area contributed by atoms with Crippen molar-refractivity contribution >= 4 is 0 Å². The van der Waals surface area contributed by atoms with Gasteiger partial charge in [0.1, 0.15) is 0 Å². The van der Waals surface area contributed by atoms with Gasteiger partial charge in [-0.25, -0.2) is 0 Å². The second kappa shape index (κ2) is 9.77. The second-order valence-corrected chi connectivity index (χ2v) is 6.53. The van der Waals surface area contributed by atoms with Gasteiger partial charge >= 0.3 is 0 Å². The predicted molar refractivity (Wildman–Crippen MR) is 85.5 cm³/mol. The first kappa shape index (κ1) is 17.0. The fourth-order valence-corrected chi connectivity index (χ4v) is 3.49. The van der Waals surface area contributed by atoms with E-state index in [-0.39, 0.29) is 0 Å². The number of unbranched alkanes of at least 4 members (excludes halogenated alkanes) is 5. The molecule has 0 atom stereocenters. The standard InChI is InChI=1S/C17H36N2/c1-3-4-5-6-9-12-15-19(2)17(16-18)13-10-7-8-11-14-17/h3-16,18H2,1-2H3. The van der Waals surface area contributed by atoms with Crippen molar-refractivity contribution in [2.24, 2.45) is 5.73 Å². The van der Waals surface area contributed by atoms with Crippen LogP contribution >= 0.6 is 0 Å². The third-order valence-electron chi connectivity index (χ3n) is 5.07. The molecule has 0 aliphatic heterocycles. The van der Waals surface area contributed by atoms with Crippen molar-refractivity contribution in [3.63, 3.8) is 0 Å². The largest absolute Gasteiger partial charge is 0.329 e. The molecule has 0 aromatic carbocycles. The minimum Gasteiger partial charge on any atom is -0.329 e. The zero-order chi connectivity index (χ0) is 14.0. The Balaban J connectivity index is 2.26. The van der Waals surface area contributed by atoms with Gasteiger partial charge in [0.2, 0.25) is 0 Å². The zero-order valence-corrected chi connectivity index (χ0v) is 13.4. The van der Waals surface area contributed by atoms with Crippen LogP contribution in [0.1, 0.15) is 84.0 Å². The van der Waals surface area contributed by atoms with Crippen LogP contribution in [-0.2, 0) is 0 Å². The van der Waals surface area contributed by atoms with Gasteiger partial charge < -0.3 is 5.73 Å². The monoisotopic (exact) mass is 268 g/mol. The fraction of sp³-hybridized carbons (Fsp3) is 1.00. The van der Waals surface area contributed by atoms with Gasteiger partial charge in [-0.1, -0.05) is 64.7 Å². The Morgan fingerprint density at radius 2 is 1.47 bits per heavy atom. The second-order valence-electron chi connectivity index (χ2n) is 6.53. The van der Waals surface area contributed by atoms with Crippen molar-refractivity contribution in [1.29, 1.82) is 0 Å². The van der Waals surface area contributed by atoms with Crippen LogP contribution < -0.4 is 5.73 Å². The van der Waals surface area contributed by atoms with E-state index in [9.17, 15) is 0 Å². The van der Waals surface area contributed by atoms with Crippen LogP contribution in [0.5, 0.6) is 0 Å². The number of hydrogen-bond acceptors (Lipinski definition) is 2. The summed E-state index contributed by atoms with van der Waals surface area (Å²) in [6, 6.07) is 0. The van der Waals surface area contributed by atoms with Gasteiger partial charge in [-0.2, -0.15) is 0 Å². The lowest BCUT2D eigenvalue weighted by Gasteiger charge is -2.41. The first-order valence-electron chi connectivity index (χ1n) is 8.66. The molecular weight excluding hydrogens is 232 g/mol. The summed E-state index contributed by atoms with van der Waals surface area (Å²) in [6.07, 6.45) is 16.5. The van der Waals surface area contributed by atoms with E-state index in [2.05, 4.69) is 18.9 Å². The normalized spacial score (nSPS) is 19.6. The van der Waals surface area contributed by atoms with E-state index < -0.39 is 0 Å². The van der Waals surface area contributed by atoms with E-state index in [4.69, 9.17) is 5.73 Å². The molecule has 2 heteroatoms. The maximum Gasteiger partial charge on any atom is 0.0328 e. The third kappa shape index (κ3) is 5.83. The fourth-order valence-electron chi connectivity index (χ4n) is 3.49. The molecule has 2 nitrogen and oxygen atoms in total. The highest BCUT2D eigenvalue weighted by Gasteiger charge is 2.33. The molecule has 0 aromatic heterocycles. The van der Waals surface area contributed by atoms with Crippen molar-refractivity contribution < 1.29 is 0 Å². The van der Waals surface area contributed by atoms with Crippen molar-refractivity contribution in [3.8, 4) is 0 Å². The predicted octanol–water partition coefficient (Wildman–Crippen LogP) is 4.33. The number of likely N-dealkylation sites (N-methyl/N-ethyl adjacent to an activating group) is 1. The first-order chi connectivity index (χ1) is 9.25. The zero-order valence-electron chi connectivity index (χ0n) is 13.4. The van der Waals surface area contributed by atoms with Gasteiger partial charge in [-0.05, 0) is 32.9 Å². The molecular formula is C17H36N2. The molecule has 0 radical (unpaired) electrons. The van der Waals surface area contributed by atoms with Crippen molar-refractivity contribution in [2.75, 3.05) is 20.1 Å². The van der Waals surface area contributed by atoms with Crippen molar-refractivity contribution in [3.05, 3.63) is 0 Å². The maximum absolute atomic E-state index is 6.14. The van der Waals surface area contributed by atoms with Crippen molar-refractivity contribution in [1.82, 2.24) is 4.90 Å². The molecule has 1 aliphatic rings. The maximum atomic E-state index is 6.14. The molecule has 2 N–H and O–H groups in total. The molecule has 1 rings (SSSR count). The molecule has 0 saturated heterocycles. The van der Waals surface area contributed by atoms with Gasteiger partial charge in [-0.15, -0.1) is 0 Å². The van der Waals surface area contributed by atoms with E-state index in [1.807, 2.05) is 0 Å². The highest BCUT2D eigenvalue weighted by Crippen LogP contribution is 2.31. The summed E-state index contributed by atoms with van der Waals surface area (Å²) in [4.78, 5) is 2.60. The van der Waals surface area contributed by atoms with E-state index in [1.165, 1.54) is 83.6 Å². The van der Waals surface area contributed by atoms with Gasteiger partial charge in [0.25, 0.3) is 0 Å². The molecule has 114 valence electrons. The number of hydrogen-bond donors (Lipinski definition) is 1. The van der Waals surface area contributed by atoms with Crippen LogP contribution in [-0.4, -0.2) is 30.6 Å². The Morgan fingerprint density at radius 1 is 0.895 bits per heavy atom. The van der Waals surface area contributed by atoms with Crippen LogP contribution in [0.15, 0.2) is 0 Å². The molecule has 0 aromatic rings. The average molecular weight is 268 g/mol. The number of nitrogens with two attached hydrogens (primary N) is 1. The topological polar surface area (TPSA) is 29.3 Å². The van der Waals surface area contributed by atoms with Crippen LogP contribution in [0.3, 0.4) is 0 Å². The summed E-state index contributed by atoms with van der Waals surface area (Å²) >= 11 is 0. The molecule has 0 bridgehead atoms. The summed E-state index contributed by atoms with van der Waals surface area (Å²) < 4.78 is 0. The van der Waals surface area contributed by atoms with Crippen LogP contribution in [0.2, 0.25) is 0 Å². The quantitative estimate of drug-likeness (QED) is 0.498. The Kier molecular flexibility index (Phi) is 8.72. The van der Waals surface area contributed by atoms with E-state index >= 15 is 0 Å². The van der Waals surface area contributed by atoms with Gasteiger partial charge in [-0.3, -0.25) is 4.90 Å². The minimum absolute atomic E-state index is 0.319. The van der Waals surface area contributed by atoms with E-state index in [1.54, 1.807) is 0 Å². The summed E-state index contributed by atoms with van der Waals surface area (Å²) in [6.45, 7) is 4.37. The highest BCUT2D eigenvalue weighted by atomic mass is 15.2. The lowest BCUT2D eigenvalue weighted by atomic mass is 9.88. The minimum atomic E-state index is 0.319. The van der Waals surface area contributed by atoms with Gasteiger partial charge in [0.05, 0.1) is 0 Å². The third-order valence-corrected chi connectivity index (χ3v) is 5.07. The summed E-state index contributed by atoms with van der Waals surface area (Å²) in [5.41, 5.74) is 6.46.